The van der Waals surface area contributed by atoms with Crippen molar-refractivity contribution in [2.24, 2.45) is 29.6 Å². The fourth-order valence-electron chi connectivity index (χ4n) is 3.93. The summed E-state index contributed by atoms with van der Waals surface area (Å²) in [4.78, 5) is 25.0. The van der Waals surface area contributed by atoms with Crippen LogP contribution in [0.1, 0.15) is 19.8 Å². The van der Waals surface area contributed by atoms with Crippen molar-refractivity contribution >= 4 is 11.8 Å². The lowest BCUT2D eigenvalue weighted by Gasteiger charge is -2.25. The maximum atomic E-state index is 11.8. The maximum Gasteiger partial charge on any atom is 0.233 e. The topological polar surface area (TPSA) is 37.4 Å². The van der Waals surface area contributed by atoms with E-state index >= 15 is 0 Å². The Hall–Kier alpha value is -0.860. The Balaban J connectivity index is 2.01. The third kappa shape index (κ3) is 0.748. The summed E-state index contributed by atoms with van der Waals surface area (Å²) in [5.41, 5.74) is 0. The number of carbonyl (C=O) groups excluding carboxylic acids is 2. The summed E-state index contributed by atoms with van der Waals surface area (Å²) >= 11 is 0. The Kier molecular flexibility index (Phi) is 1.44. The van der Waals surface area contributed by atoms with Gasteiger partial charge < -0.3 is 0 Å². The highest BCUT2D eigenvalue weighted by Crippen LogP contribution is 2.58. The standard InChI is InChI=1S/C11H15NO2/c1-5-3-6-4-7(5)9-8(6)10(13)12(2)11(9)14/h5-9H,3-4H2,1-2H3/t5?,6?,7-,8?,9?/m0/s1. The minimum atomic E-state index is 0.0428. The zero-order valence-corrected chi connectivity index (χ0v) is 8.56. The molecule has 0 aromatic heterocycles. The predicted molar refractivity (Wildman–Crippen MR) is 50.1 cm³/mol. The molecule has 76 valence electrons. The van der Waals surface area contributed by atoms with Crippen LogP contribution in [-0.2, 0) is 9.59 Å². The normalized spacial score (nSPS) is 50.4. The van der Waals surface area contributed by atoms with Gasteiger partial charge in [-0.1, -0.05) is 6.92 Å². The Labute approximate surface area is 83.5 Å². The smallest absolute Gasteiger partial charge is 0.233 e. The quantitative estimate of drug-likeness (QED) is 0.536. The number of likely N-dealkylation sites (tertiary alicyclic amines) is 1. The summed E-state index contributed by atoms with van der Waals surface area (Å²) < 4.78 is 0. The average Bonchev–Trinajstić information content (AvgIpc) is 2.74. The van der Waals surface area contributed by atoms with Gasteiger partial charge in [-0.2, -0.15) is 0 Å². The van der Waals surface area contributed by atoms with Crippen molar-refractivity contribution in [3.05, 3.63) is 0 Å². The summed E-state index contributed by atoms with van der Waals surface area (Å²) in [6, 6.07) is 0. The molecule has 1 aliphatic heterocycles. The van der Waals surface area contributed by atoms with Crippen LogP contribution in [-0.4, -0.2) is 23.8 Å². The summed E-state index contributed by atoms with van der Waals surface area (Å²) in [7, 11) is 1.63. The molecule has 0 aromatic rings. The van der Waals surface area contributed by atoms with Crippen molar-refractivity contribution in [2.45, 2.75) is 19.8 Å². The molecular weight excluding hydrogens is 178 g/mol. The average molecular weight is 193 g/mol. The van der Waals surface area contributed by atoms with Crippen molar-refractivity contribution in [3.8, 4) is 0 Å². The molecule has 2 aliphatic carbocycles. The van der Waals surface area contributed by atoms with E-state index in [4.69, 9.17) is 0 Å². The third-order valence-electron chi connectivity index (χ3n) is 4.57. The van der Waals surface area contributed by atoms with Crippen LogP contribution < -0.4 is 0 Å². The van der Waals surface area contributed by atoms with Crippen LogP contribution >= 0.6 is 0 Å². The van der Waals surface area contributed by atoms with Crippen LogP contribution in [0.4, 0.5) is 0 Å². The molecule has 2 saturated carbocycles. The van der Waals surface area contributed by atoms with Gasteiger partial charge >= 0.3 is 0 Å². The molecule has 5 atom stereocenters. The van der Waals surface area contributed by atoms with E-state index in [-0.39, 0.29) is 23.7 Å². The SMILES string of the molecule is CC1CC2C[C@@H]1C1C(=O)N(C)C(=O)C21. The number of rotatable bonds is 0. The van der Waals surface area contributed by atoms with Crippen molar-refractivity contribution in [2.75, 3.05) is 7.05 Å². The molecule has 3 fully saturated rings. The van der Waals surface area contributed by atoms with Gasteiger partial charge in [0.25, 0.3) is 0 Å². The second kappa shape index (κ2) is 2.38. The first-order chi connectivity index (χ1) is 6.61. The molecule has 3 rings (SSSR count). The Bertz CT molecular complexity index is 325. The molecule has 0 N–H and O–H groups in total. The number of hydrogen-bond acceptors (Lipinski definition) is 2. The first kappa shape index (κ1) is 8.45. The number of imide groups is 1. The van der Waals surface area contributed by atoms with Crippen LogP contribution in [0.5, 0.6) is 0 Å². The van der Waals surface area contributed by atoms with Gasteiger partial charge in [0.15, 0.2) is 0 Å². The zero-order valence-electron chi connectivity index (χ0n) is 8.56. The van der Waals surface area contributed by atoms with E-state index in [2.05, 4.69) is 6.92 Å². The number of fused-ring (bicyclic) bond motifs is 5. The molecule has 3 nitrogen and oxygen atoms in total. The van der Waals surface area contributed by atoms with Gasteiger partial charge in [0, 0.05) is 7.05 Å². The van der Waals surface area contributed by atoms with E-state index in [9.17, 15) is 9.59 Å². The van der Waals surface area contributed by atoms with Crippen molar-refractivity contribution in [1.29, 1.82) is 0 Å². The number of nitrogens with zero attached hydrogens (tertiary/aromatic N) is 1. The summed E-state index contributed by atoms with van der Waals surface area (Å²) in [6.07, 6.45) is 2.26. The van der Waals surface area contributed by atoms with Crippen molar-refractivity contribution in [1.82, 2.24) is 4.90 Å². The first-order valence-corrected chi connectivity index (χ1v) is 5.42. The molecule has 0 spiro atoms. The maximum absolute atomic E-state index is 11.8. The van der Waals surface area contributed by atoms with Gasteiger partial charge in [0.1, 0.15) is 0 Å². The highest BCUT2D eigenvalue weighted by Gasteiger charge is 2.61. The Morgan fingerprint density at radius 2 is 1.79 bits per heavy atom. The Morgan fingerprint density at radius 1 is 1.14 bits per heavy atom. The molecule has 3 heteroatoms. The van der Waals surface area contributed by atoms with Gasteiger partial charge in [-0.05, 0) is 30.6 Å². The van der Waals surface area contributed by atoms with E-state index in [0.29, 0.717) is 17.8 Å². The monoisotopic (exact) mass is 193 g/mol. The molecule has 3 aliphatic rings. The number of hydrogen-bond donors (Lipinski definition) is 0. The zero-order chi connectivity index (χ0) is 10.0. The van der Waals surface area contributed by atoms with Crippen LogP contribution in [0.3, 0.4) is 0 Å². The molecule has 2 amide bonds. The van der Waals surface area contributed by atoms with E-state index in [1.807, 2.05) is 0 Å². The van der Waals surface area contributed by atoms with E-state index in [0.717, 1.165) is 12.8 Å². The van der Waals surface area contributed by atoms with E-state index in [1.54, 1.807) is 7.05 Å². The minimum absolute atomic E-state index is 0.0428. The second-order valence-electron chi connectivity index (χ2n) is 5.16. The minimum Gasteiger partial charge on any atom is -0.285 e. The van der Waals surface area contributed by atoms with E-state index < -0.39 is 0 Å². The van der Waals surface area contributed by atoms with Crippen LogP contribution in [0.25, 0.3) is 0 Å². The van der Waals surface area contributed by atoms with Crippen molar-refractivity contribution < 1.29 is 9.59 Å². The lowest BCUT2D eigenvalue weighted by Crippen LogP contribution is -2.29. The number of amides is 2. The largest absolute Gasteiger partial charge is 0.285 e. The molecule has 2 bridgehead atoms. The number of carbonyl (C=O) groups is 2. The molecule has 0 aromatic carbocycles. The second-order valence-corrected chi connectivity index (χ2v) is 5.16. The van der Waals surface area contributed by atoms with Crippen molar-refractivity contribution in [3.63, 3.8) is 0 Å². The van der Waals surface area contributed by atoms with E-state index in [1.165, 1.54) is 4.90 Å². The summed E-state index contributed by atoms with van der Waals surface area (Å²) in [5, 5.41) is 0. The molecule has 1 saturated heterocycles. The first-order valence-electron chi connectivity index (χ1n) is 5.42. The van der Waals surface area contributed by atoms with Crippen LogP contribution in [0, 0.1) is 29.6 Å². The molecule has 4 unspecified atom stereocenters. The molecule has 0 radical (unpaired) electrons. The fourth-order valence-corrected chi connectivity index (χ4v) is 3.93. The molecule has 14 heavy (non-hydrogen) atoms. The van der Waals surface area contributed by atoms with Crippen LogP contribution in [0.15, 0.2) is 0 Å². The lowest BCUT2D eigenvalue weighted by atomic mass is 9.76. The van der Waals surface area contributed by atoms with Crippen LogP contribution in [0.2, 0.25) is 0 Å². The highest BCUT2D eigenvalue weighted by molar-refractivity contribution is 6.05. The highest BCUT2D eigenvalue weighted by atomic mass is 16.2. The van der Waals surface area contributed by atoms with Gasteiger partial charge in [0.2, 0.25) is 11.8 Å². The van der Waals surface area contributed by atoms with Gasteiger partial charge in [-0.25, -0.2) is 0 Å². The lowest BCUT2D eigenvalue weighted by molar-refractivity contribution is -0.139. The predicted octanol–water partition coefficient (Wildman–Crippen LogP) is 0.893. The molecular formula is C11H15NO2. The van der Waals surface area contributed by atoms with Gasteiger partial charge in [-0.3, -0.25) is 14.5 Å². The Morgan fingerprint density at radius 3 is 2.50 bits per heavy atom. The fraction of sp³-hybridized carbons (Fsp3) is 0.818. The molecule has 1 heterocycles. The van der Waals surface area contributed by atoms with Gasteiger partial charge in [-0.15, -0.1) is 0 Å². The van der Waals surface area contributed by atoms with Gasteiger partial charge in [0.05, 0.1) is 11.8 Å². The summed E-state index contributed by atoms with van der Waals surface area (Å²) in [6.45, 7) is 2.22. The third-order valence-corrected chi connectivity index (χ3v) is 4.57. The summed E-state index contributed by atoms with van der Waals surface area (Å²) in [5.74, 6) is 1.89.